The van der Waals surface area contributed by atoms with Gasteiger partial charge in [-0.05, 0) is 38.8 Å². The van der Waals surface area contributed by atoms with Crippen LogP contribution in [0.3, 0.4) is 0 Å². The lowest BCUT2D eigenvalue weighted by atomic mass is 10.1. The van der Waals surface area contributed by atoms with Crippen molar-refractivity contribution < 1.29 is 14.9 Å². The zero-order chi connectivity index (χ0) is 22.2. The van der Waals surface area contributed by atoms with Crippen molar-refractivity contribution >= 4 is 22.7 Å². The fourth-order valence-corrected chi connectivity index (χ4v) is 4.79. The third kappa shape index (κ3) is 3.60. The maximum Gasteiger partial charge on any atom is 0.239 e. The second kappa shape index (κ2) is 8.65. The van der Waals surface area contributed by atoms with E-state index >= 15 is 0 Å². The summed E-state index contributed by atoms with van der Waals surface area (Å²) < 4.78 is 7.66. The molecule has 3 atom stereocenters. The number of rotatable bonds is 5. The van der Waals surface area contributed by atoms with Gasteiger partial charge in [0.1, 0.15) is 24.1 Å². The Labute approximate surface area is 187 Å². The van der Waals surface area contributed by atoms with Crippen LogP contribution in [0.1, 0.15) is 32.5 Å². The van der Waals surface area contributed by atoms with Gasteiger partial charge in [0.25, 0.3) is 0 Å². The molecule has 2 aromatic heterocycles. The second-order valence-corrected chi connectivity index (χ2v) is 8.58. The lowest BCUT2D eigenvalue weighted by molar-refractivity contribution is 0.0281. The van der Waals surface area contributed by atoms with Gasteiger partial charge in [-0.25, -0.2) is 4.98 Å². The predicted molar refractivity (Wildman–Crippen MR) is 122 cm³/mol. The summed E-state index contributed by atoms with van der Waals surface area (Å²) in [6.07, 6.45) is 2.04. The van der Waals surface area contributed by atoms with Crippen LogP contribution in [0.5, 0.6) is 0 Å². The Bertz CT molecular complexity index is 1100. The summed E-state index contributed by atoms with van der Waals surface area (Å²) in [7, 11) is 0. The highest BCUT2D eigenvalue weighted by molar-refractivity contribution is 5.77. The number of aliphatic hydroxyl groups is 2. The van der Waals surface area contributed by atoms with E-state index < -0.39 is 0 Å². The van der Waals surface area contributed by atoms with Crippen molar-refractivity contribution in [2.75, 3.05) is 36.1 Å². The summed E-state index contributed by atoms with van der Waals surface area (Å²) in [5.74, 6) is 2.58. The van der Waals surface area contributed by atoms with Gasteiger partial charge in [-0.1, -0.05) is 12.1 Å². The number of ether oxygens (including phenoxy) is 1. The molecule has 2 fully saturated rings. The standard InChI is InChI=1S/C23H30N6O3/c1-15-16(2)32-11-10-27(15)20-12-21(28-9-5-6-17(28)13-30)26-23(25-20)29-19-8-4-3-7-18(19)24-22(29)14-31/h3-4,7-8,12,15-17,30-31H,5-6,9-11,13-14H2,1-2H3/t15-,16+,17?/m0/s1. The highest BCUT2D eigenvalue weighted by Gasteiger charge is 2.30. The molecule has 0 radical (unpaired) electrons. The number of fused-ring (bicyclic) bond motifs is 1. The second-order valence-electron chi connectivity index (χ2n) is 8.58. The lowest BCUT2D eigenvalue weighted by Gasteiger charge is -2.39. The summed E-state index contributed by atoms with van der Waals surface area (Å²) in [6, 6.07) is 9.97. The first kappa shape index (κ1) is 21.1. The van der Waals surface area contributed by atoms with Crippen LogP contribution in [0.4, 0.5) is 11.6 Å². The van der Waals surface area contributed by atoms with Crippen molar-refractivity contribution in [2.45, 2.75) is 51.5 Å². The molecule has 0 aliphatic carbocycles. The van der Waals surface area contributed by atoms with E-state index in [1.54, 1.807) is 0 Å². The average molecular weight is 439 g/mol. The van der Waals surface area contributed by atoms with E-state index in [4.69, 9.17) is 14.7 Å². The van der Waals surface area contributed by atoms with E-state index in [0.29, 0.717) is 18.4 Å². The third-order valence-electron chi connectivity index (χ3n) is 6.72. The summed E-state index contributed by atoms with van der Waals surface area (Å²) >= 11 is 0. The van der Waals surface area contributed by atoms with Gasteiger partial charge in [0.05, 0.1) is 42.4 Å². The molecule has 4 heterocycles. The molecule has 0 saturated carbocycles. The SMILES string of the molecule is C[C@H]1OCCN(c2cc(N3CCCC3CO)nc(-n3c(CO)nc4ccccc43)n2)[C@H]1C. The first-order valence-electron chi connectivity index (χ1n) is 11.3. The molecule has 170 valence electrons. The fourth-order valence-electron chi connectivity index (χ4n) is 4.79. The summed E-state index contributed by atoms with van der Waals surface area (Å²) in [6.45, 7) is 6.31. The number of aliphatic hydroxyl groups excluding tert-OH is 2. The monoisotopic (exact) mass is 438 g/mol. The molecular formula is C23H30N6O3. The molecule has 0 bridgehead atoms. The van der Waals surface area contributed by atoms with E-state index in [9.17, 15) is 10.2 Å². The Hall–Kier alpha value is -2.75. The van der Waals surface area contributed by atoms with Crippen LogP contribution in [-0.4, -0.2) is 74.2 Å². The van der Waals surface area contributed by atoms with Crippen LogP contribution in [0.15, 0.2) is 30.3 Å². The molecule has 2 aliphatic rings. The Kier molecular flexibility index (Phi) is 5.71. The number of para-hydroxylation sites is 2. The van der Waals surface area contributed by atoms with Crippen molar-refractivity contribution in [2.24, 2.45) is 0 Å². The Balaban J connectivity index is 1.68. The first-order valence-corrected chi connectivity index (χ1v) is 11.3. The normalized spacial score (nSPS) is 23.9. The van der Waals surface area contributed by atoms with Crippen molar-refractivity contribution in [3.63, 3.8) is 0 Å². The van der Waals surface area contributed by atoms with E-state index in [-0.39, 0.29) is 31.4 Å². The van der Waals surface area contributed by atoms with Crippen molar-refractivity contribution in [3.8, 4) is 5.95 Å². The minimum Gasteiger partial charge on any atom is -0.394 e. The minimum atomic E-state index is -0.217. The molecule has 2 N–H and O–H groups in total. The molecule has 0 spiro atoms. The number of aromatic nitrogens is 4. The van der Waals surface area contributed by atoms with Gasteiger partial charge in [0.15, 0.2) is 0 Å². The van der Waals surface area contributed by atoms with Crippen molar-refractivity contribution in [1.29, 1.82) is 0 Å². The van der Waals surface area contributed by atoms with Crippen LogP contribution in [-0.2, 0) is 11.3 Å². The number of hydrogen-bond donors (Lipinski definition) is 2. The van der Waals surface area contributed by atoms with Crippen LogP contribution < -0.4 is 9.80 Å². The van der Waals surface area contributed by atoms with Crippen LogP contribution >= 0.6 is 0 Å². The predicted octanol–water partition coefficient (Wildman–Crippen LogP) is 1.88. The third-order valence-corrected chi connectivity index (χ3v) is 6.72. The number of hydrogen-bond acceptors (Lipinski definition) is 8. The number of nitrogens with zero attached hydrogens (tertiary/aromatic N) is 6. The van der Waals surface area contributed by atoms with Crippen molar-refractivity contribution in [1.82, 2.24) is 19.5 Å². The van der Waals surface area contributed by atoms with Gasteiger partial charge < -0.3 is 24.7 Å². The largest absolute Gasteiger partial charge is 0.394 e. The van der Waals surface area contributed by atoms with Gasteiger partial charge in [0.2, 0.25) is 5.95 Å². The van der Waals surface area contributed by atoms with E-state index in [0.717, 1.165) is 48.6 Å². The van der Waals surface area contributed by atoms with E-state index in [2.05, 4.69) is 28.6 Å². The smallest absolute Gasteiger partial charge is 0.239 e. The molecule has 5 rings (SSSR count). The highest BCUT2D eigenvalue weighted by Crippen LogP contribution is 2.31. The number of anilines is 2. The summed E-state index contributed by atoms with van der Waals surface area (Å²) in [4.78, 5) is 18.9. The Morgan fingerprint density at radius 2 is 1.81 bits per heavy atom. The molecule has 2 saturated heterocycles. The molecule has 9 nitrogen and oxygen atoms in total. The van der Waals surface area contributed by atoms with Gasteiger partial charge in [-0.3, -0.25) is 4.57 Å². The quantitative estimate of drug-likeness (QED) is 0.623. The molecule has 9 heteroatoms. The Morgan fingerprint density at radius 3 is 2.59 bits per heavy atom. The molecule has 32 heavy (non-hydrogen) atoms. The maximum absolute atomic E-state index is 10.0. The molecule has 3 aromatic rings. The van der Waals surface area contributed by atoms with Gasteiger partial charge in [0, 0.05) is 19.2 Å². The van der Waals surface area contributed by atoms with E-state index in [1.807, 2.05) is 34.9 Å². The number of imidazole rings is 1. The molecule has 2 aliphatic heterocycles. The van der Waals surface area contributed by atoms with Gasteiger partial charge in [-0.15, -0.1) is 0 Å². The molecule has 1 aromatic carbocycles. The molecule has 0 amide bonds. The molecular weight excluding hydrogens is 408 g/mol. The van der Waals surface area contributed by atoms with E-state index in [1.165, 1.54) is 0 Å². The van der Waals surface area contributed by atoms with Gasteiger partial charge >= 0.3 is 0 Å². The van der Waals surface area contributed by atoms with Crippen LogP contribution in [0.2, 0.25) is 0 Å². The minimum absolute atomic E-state index is 0.0449. The molecule has 1 unspecified atom stereocenters. The number of benzene rings is 1. The summed E-state index contributed by atoms with van der Waals surface area (Å²) in [5.41, 5.74) is 1.64. The van der Waals surface area contributed by atoms with Crippen LogP contribution in [0.25, 0.3) is 17.0 Å². The average Bonchev–Trinajstić information content (AvgIpc) is 3.44. The number of morpholine rings is 1. The van der Waals surface area contributed by atoms with Crippen molar-refractivity contribution in [3.05, 3.63) is 36.2 Å². The van der Waals surface area contributed by atoms with Gasteiger partial charge in [-0.2, -0.15) is 9.97 Å². The zero-order valence-corrected chi connectivity index (χ0v) is 18.6. The zero-order valence-electron chi connectivity index (χ0n) is 18.6. The summed E-state index contributed by atoms with van der Waals surface area (Å²) in [5, 5.41) is 19.9. The highest BCUT2D eigenvalue weighted by atomic mass is 16.5. The lowest BCUT2D eigenvalue weighted by Crippen LogP contribution is -2.49. The Morgan fingerprint density at radius 1 is 1.03 bits per heavy atom. The first-order chi connectivity index (χ1) is 15.6. The van der Waals surface area contributed by atoms with Crippen LogP contribution in [0, 0.1) is 0 Å². The maximum atomic E-state index is 10.0. The fraction of sp³-hybridized carbons (Fsp3) is 0.522. The topological polar surface area (TPSA) is 99.8 Å².